The SMILES string of the molecule is Cc1cc(NC(=O)C(=O)O)cc(C)c1Oc1ccc(O)c(CNCc2ccc(Cl)cc2)c1. The molecule has 32 heavy (non-hydrogen) atoms. The van der Waals surface area contributed by atoms with Crippen molar-refractivity contribution in [2.24, 2.45) is 0 Å². The number of carboxylic acids is 1. The van der Waals surface area contributed by atoms with E-state index in [1.165, 1.54) is 0 Å². The van der Waals surface area contributed by atoms with E-state index in [0.29, 0.717) is 40.9 Å². The van der Waals surface area contributed by atoms with Gasteiger partial charge < -0.3 is 25.6 Å². The Morgan fingerprint density at radius 2 is 1.62 bits per heavy atom. The predicted octanol–water partition coefficient (Wildman–Crippen LogP) is 4.77. The number of hydrogen-bond acceptors (Lipinski definition) is 5. The number of phenols is 1. The topological polar surface area (TPSA) is 108 Å². The third kappa shape index (κ3) is 6.00. The predicted molar refractivity (Wildman–Crippen MR) is 122 cm³/mol. The number of carbonyl (C=O) groups excluding carboxylic acids is 1. The van der Waals surface area contributed by atoms with Gasteiger partial charge in [-0.15, -0.1) is 0 Å². The van der Waals surface area contributed by atoms with E-state index in [4.69, 9.17) is 21.4 Å². The van der Waals surface area contributed by atoms with Crippen LogP contribution in [0.3, 0.4) is 0 Å². The lowest BCUT2D eigenvalue weighted by Crippen LogP contribution is -2.21. The van der Waals surface area contributed by atoms with Crippen LogP contribution in [-0.4, -0.2) is 22.1 Å². The van der Waals surface area contributed by atoms with Crippen LogP contribution in [0.4, 0.5) is 5.69 Å². The highest BCUT2D eigenvalue weighted by Gasteiger charge is 2.14. The number of ether oxygens (including phenoxy) is 1. The van der Waals surface area contributed by atoms with Crippen LogP contribution >= 0.6 is 11.6 Å². The number of carbonyl (C=O) groups is 2. The zero-order valence-electron chi connectivity index (χ0n) is 17.6. The van der Waals surface area contributed by atoms with Crippen LogP contribution in [0.5, 0.6) is 17.2 Å². The first-order valence-electron chi connectivity index (χ1n) is 9.83. The van der Waals surface area contributed by atoms with Crippen LogP contribution < -0.4 is 15.4 Å². The van der Waals surface area contributed by atoms with Crippen molar-refractivity contribution in [3.63, 3.8) is 0 Å². The Morgan fingerprint density at radius 3 is 2.25 bits per heavy atom. The van der Waals surface area contributed by atoms with Crippen molar-refractivity contribution in [3.05, 3.63) is 81.9 Å². The first-order chi connectivity index (χ1) is 15.2. The highest BCUT2D eigenvalue weighted by Crippen LogP contribution is 2.33. The Hall–Kier alpha value is -3.55. The van der Waals surface area contributed by atoms with Crippen molar-refractivity contribution in [1.82, 2.24) is 5.32 Å². The lowest BCUT2D eigenvalue weighted by molar-refractivity contribution is -0.147. The molecule has 3 aromatic carbocycles. The second-order valence-electron chi connectivity index (χ2n) is 7.32. The van der Waals surface area contributed by atoms with E-state index in [1.54, 1.807) is 44.2 Å². The second kappa shape index (κ2) is 10.2. The maximum absolute atomic E-state index is 11.4. The molecule has 0 aliphatic carbocycles. The molecule has 0 unspecified atom stereocenters. The van der Waals surface area contributed by atoms with Crippen molar-refractivity contribution in [2.45, 2.75) is 26.9 Å². The zero-order valence-corrected chi connectivity index (χ0v) is 18.4. The Labute approximate surface area is 190 Å². The van der Waals surface area contributed by atoms with Gasteiger partial charge in [0.2, 0.25) is 0 Å². The van der Waals surface area contributed by atoms with Crippen molar-refractivity contribution in [2.75, 3.05) is 5.32 Å². The molecule has 0 saturated carbocycles. The van der Waals surface area contributed by atoms with Crippen LogP contribution in [0.1, 0.15) is 22.3 Å². The number of benzene rings is 3. The number of amides is 1. The average molecular weight is 455 g/mol. The third-order valence-corrected chi connectivity index (χ3v) is 4.99. The molecular weight excluding hydrogens is 432 g/mol. The Kier molecular flexibility index (Phi) is 7.35. The first kappa shape index (κ1) is 23.1. The molecule has 0 atom stereocenters. The molecule has 0 fully saturated rings. The van der Waals surface area contributed by atoms with Crippen molar-refractivity contribution in [3.8, 4) is 17.2 Å². The third-order valence-electron chi connectivity index (χ3n) is 4.74. The molecule has 3 aromatic rings. The Bertz CT molecular complexity index is 1120. The van der Waals surface area contributed by atoms with Gasteiger partial charge in [0.05, 0.1) is 0 Å². The summed E-state index contributed by atoms with van der Waals surface area (Å²) in [5.74, 6) is -1.38. The zero-order chi connectivity index (χ0) is 23.3. The van der Waals surface area contributed by atoms with Crippen molar-refractivity contribution < 1.29 is 24.5 Å². The lowest BCUT2D eigenvalue weighted by atomic mass is 10.1. The minimum Gasteiger partial charge on any atom is -0.508 e. The molecule has 3 rings (SSSR count). The number of aromatic hydroxyl groups is 1. The van der Waals surface area contributed by atoms with Crippen molar-refractivity contribution in [1.29, 1.82) is 0 Å². The van der Waals surface area contributed by atoms with Crippen LogP contribution in [0, 0.1) is 13.8 Å². The van der Waals surface area contributed by atoms with E-state index in [0.717, 1.165) is 16.7 Å². The summed E-state index contributed by atoms with van der Waals surface area (Å²) in [6.45, 7) is 4.65. The molecule has 1 amide bonds. The Balaban J connectivity index is 1.70. The molecule has 7 nitrogen and oxygen atoms in total. The van der Waals surface area contributed by atoms with Gasteiger partial charge in [-0.05, 0) is 73.0 Å². The maximum atomic E-state index is 11.4. The molecule has 166 valence electrons. The molecule has 0 spiro atoms. The molecular formula is C24H23ClN2O5. The van der Waals surface area contributed by atoms with Gasteiger partial charge in [0.25, 0.3) is 0 Å². The van der Waals surface area contributed by atoms with Gasteiger partial charge in [0, 0.05) is 29.4 Å². The van der Waals surface area contributed by atoms with E-state index >= 15 is 0 Å². The van der Waals surface area contributed by atoms with Gasteiger partial charge in [-0.2, -0.15) is 0 Å². The molecule has 0 aromatic heterocycles. The summed E-state index contributed by atoms with van der Waals surface area (Å²) in [5.41, 5.74) is 3.57. The molecule has 0 aliphatic rings. The van der Waals surface area contributed by atoms with Crippen LogP contribution in [0.15, 0.2) is 54.6 Å². The van der Waals surface area contributed by atoms with E-state index in [9.17, 15) is 14.7 Å². The summed E-state index contributed by atoms with van der Waals surface area (Å²) in [6.07, 6.45) is 0. The number of aliphatic carboxylic acids is 1. The number of anilines is 1. The molecule has 0 heterocycles. The second-order valence-corrected chi connectivity index (χ2v) is 7.76. The number of rotatable bonds is 7. The van der Waals surface area contributed by atoms with Gasteiger partial charge in [0.1, 0.15) is 17.2 Å². The fourth-order valence-electron chi connectivity index (χ4n) is 3.20. The van der Waals surface area contributed by atoms with E-state index < -0.39 is 11.9 Å². The minimum absolute atomic E-state index is 0.154. The highest BCUT2D eigenvalue weighted by atomic mass is 35.5. The summed E-state index contributed by atoms with van der Waals surface area (Å²) < 4.78 is 6.04. The number of nitrogens with one attached hydrogen (secondary N) is 2. The number of hydrogen-bond donors (Lipinski definition) is 4. The van der Waals surface area contributed by atoms with Crippen LogP contribution in [-0.2, 0) is 22.7 Å². The minimum atomic E-state index is -1.55. The quantitative estimate of drug-likeness (QED) is 0.383. The van der Waals surface area contributed by atoms with E-state index in [1.807, 2.05) is 24.3 Å². The number of carboxylic acid groups (broad SMARTS) is 1. The lowest BCUT2D eigenvalue weighted by Gasteiger charge is -2.15. The standard InChI is InChI=1S/C24H23ClN2O5/c1-14-9-19(27-23(29)24(30)31)10-15(2)22(14)32-20-7-8-21(28)17(11-20)13-26-12-16-3-5-18(25)6-4-16/h3-11,26,28H,12-13H2,1-2H3,(H,27,29)(H,30,31). The summed E-state index contributed by atoms with van der Waals surface area (Å²) >= 11 is 5.90. The van der Waals surface area contributed by atoms with Gasteiger partial charge in [-0.1, -0.05) is 23.7 Å². The molecule has 0 bridgehead atoms. The van der Waals surface area contributed by atoms with E-state index in [2.05, 4.69) is 10.6 Å². The number of aryl methyl sites for hydroxylation is 2. The van der Waals surface area contributed by atoms with E-state index in [-0.39, 0.29) is 5.75 Å². The molecule has 0 radical (unpaired) electrons. The summed E-state index contributed by atoms with van der Waals surface area (Å²) in [6, 6.07) is 15.8. The smallest absolute Gasteiger partial charge is 0.394 e. The average Bonchev–Trinajstić information content (AvgIpc) is 2.74. The molecule has 0 saturated heterocycles. The molecule has 8 heteroatoms. The van der Waals surface area contributed by atoms with Gasteiger partial charge >= 0.3 is 11.9 Å². The molecule has 0 aliphatic heterocycles. The number of phenolic OH excluding ortho intramolecular Hbond substituents is 1. The summed E-state index contributed by atoms with van der Waals surface area (Å²) in [4.78, 5) is 22.1. The fourth-order valence-corrected chi connectivity index (χ4v) is 3.32. The monoisotopic (exact) mass is 454 g/mol. The highest BCUT2D eigenvalue weighted by molar-refractivity contribution is 6.36. The van der Waals surface area contributed by atoms with Crippen molar-refractivity contribution >= 4 is 29.2 Å². The van der Waals surface area contributed by atoms with Crippen LogP contribution in [0.25, 0.3) is 0 Å². The molecule has 4 N–H and O–H groups in total. The number of halogens is 1. The Morgan fingerprint density at radius 1 is 0.969 bits per heavy atom. The fraction of sp³-hybridized carbons (Fsp3) is 0.167. The summed E-state index contributed by atoms with van der Waals surface area (Å²) in [5, 5.41) is 25.2. The first-order valence-corrected chi connectivity index (χ1v) is 10.2. The van der Waals surface area contributed by atoms with Crippen LogP contribution in [0.2, 0.25) is 5.02 Å². The maximum Gasteiger partial charge on any atom is 0.394 e. The van der Waals surface area contributed by atoms with Gasteiger partial charge in [0.15, 0.2) is 0 Å². The summed E-state index contributed by atoms with van der Waals surface area (Å²) in [7, 11) is 0. The normalized spacial score (nSPS) is 10.6. The van der Waals surface area contributed by atoms with Gasteiger partial charge in [-0.3, -0.25) is 4.79 Å². The van der Waals surface area contributed by atoms with Gasteiger partial charge in [-0.25, -0.2) is 4.79 Å². The largest absolute Gasteiger partial charge is 0.508 e.